The van der Waals surface area contributed by atoms with Gasteiger partial charge in [-0.2, -0.15) is 5.26 Å². The third-order valence-electron chi connectivity index (χ3n) is 4.49. The average molecular weight is 353 g/mol. The topological polar surface area (TPSA) is 92.1 Å². The minimum atomic E-state index is -1.03. The maximum atomic E-state index is 12.6. The maximum Gasteiger partial charge on any atom is 0.339 e. The minimum absolute atomic E-state index is 0.0915. The highest BCUT2D eigenvalue weighted by molar-refractivity contribution is 6.04. The maximum absolute atomic E-state index is 12.6. The summed E-state index contributed by atoms with van der Waals surface area (Å²) < 4.78 is 5.34. The highest BCUT2D eigenvalue weighted by atomic mass is 16.5. The number of pyridine rings is 1. The SMILES string of the molecule is Cc1cc(C(=O)O[C@H](C)C(=O)N[C@@](C)(C#N)C(C)C)c2ccccc2n1. The lowest BCUT2D eigenvalue weighted by molar-refractivity contribution is -0.130. The minimum Gasteiger partial charge on any atom is -0.449 e. The Morgan fingerprint density at radius 2 is 1.92 bits per heavy atom. The summed E-state index contributed by atoms with van der Waals surface area (Å²) in [5, 5.41) is 12.6. The standard InChI is InChI=1S/C20H23N3O3/c1-12(2)20(5,11-21)23-18(24)14(4)26-19(25)16-10-13(3)22-17-9-7-6-8-15(16)17/h6-10,12,14H,1-5H3,(H,23,24)/t14-,20+/m1/s1. The smallest absolute Gasteiger partial charge is 0.339 e. The number of para-hydroxylation sites is 1. The van der Waals surface area contributed by atoms with Gasteiger partial charge < -0.3 is 10.1 Å². The van der Waals surface area contributed by atoms with Crippen molar-refractivity contribution in [3.05, 3.63) is 41.6 Å². The van der Waals surface area contributed by atoms with Crippen LogP contribution in [0.2, 0.25) is 0 Å². The Kier molecular flexibility index (Phi) is 5.61. The number of nitrogens with one attached hydrogen (secondary N) is 1. The van der Waals surface area contributed by atoms with Crippen LogP contribution < -0.4 is 5.32 Å². The number of nitriles is 1. The lowest BCUT2D eigenvalue weighted by Gasteiger charge is -2.28. The van der Waals surface area contributed by atoms with Crippen molar-refractivity contribution in [1.82, 2.24) is 10.3 Å². The first-order valence-electron chi connectivity index (χ1n) is 8.48. The van der Waals surface area contributed by atoms with Crippen LogP contribution in [-0.4, -0.2) is 28.5 Å². The number of aryl methyl sites for hydroxylation is 1. The summed E-state index contributed by atoms with van der Waals surface area (Å²) in [4.78, 5) is 29.4. The van der Waals surface area contributed by atoms with E-state index in [4.69, 9.17) is 4.74 Å². The van der Waals surface area contributed by atoms with Gasteiger partial charge in [0.25, 0.3) is 5.91 Å². The molecule has 0 fully saturated rings. The van der Waals surface area contributed by atoms with Crippen LogP contribution in [0.5, 0.6) is 0 Å². The predicted molar refractivity (Wildman–Crippen MR) is 98.4 cm³/mol. The number of fused-ring (bicyclic) bond motifs is 1. The fraction of sp³-hybridized carbons (Fsp3) is 0.400. The molecule has 0 saturated carbocycles. The fourth-order valence-electron chi connectivity index (χ4n) is 2.41. The molecule has 0 aliphatic carbocycles. The lowest BCUT2D eigenvalue weighted by Crippen LogP contribution is -2.52. The molecule has 2 rings (SSSR count). The zero-order valence-corrected chi connectivity index (χ0v) is 15.7. The Morgan fingerprint density at radius 3 is 2.54 bits per heavy atom. The summed E-state index contributed by atoms with van der Waals surface area (Å²) >= 11 is 0. The second kappa shape index (κ2) is 7.52. The molecule has 6 heteroatoms. The van der Waals surface area contributed by atoms with Crippen LogP contribution in [0.25, 0.3) is 10.9 Å². The number of ether oxygens (including phenoxy) is 1. The van der Waals surface area contributed by atoms with E-state index in [0.717, 1.165) is 0 Å². The molecular formula is C20H23N3O3. The Hall–Kier alpha value is -2.94. The third kappa shape index (κ3) is 3.99. The van der Waals surface area contributed by atoms with Crippen molar-refractivity contribution in [3.63, 3.8) is 0 Å². The lowest BCUT2D eigenvalue weighted by atomic mass is 9.90. The number of hydrogen-bond donors (Lipinski definition) is 1. The number of rotatable bonds is 5. The molecule has 0 radical (unpaired) electrons. The van der Waals surface area contributed by atoms with Gasteiger partial charge in [-0.05, 0) is 38.8 Å². The quantitative estimate of drug-likeness (QED) is 0.834. The number of carbonyl (C=O) groups excluding carboxylic acids is 2. The van der Waals surface area contributed by atoms with E-state index in [0.29, 0.717) is 22.2 Å². The summed E-state index contributed by atoms with van der Waals surface area (Å²) in [6, 6.07) is 11.0. The van der Waals surface area contributed by atoms with Crippen molar-refractivity contribution in [2.24, 2.45) is 5.92 Å². The monoisotopic (exact) mass is 353 g/mol. The van der Waals surface area contributed by atoms with E-state index in [1.807, 2.05) is 32.0 Å². The molecule has 0 aliphatic heterocycles. The molecule has 26 heavy (non-hydrogen) atoms. The van der Waals surface area contributed by atoms with Crippen molar-refractivity contribution >= 4 is 22.8 Å². The molecule has 0 bridgehead atoms. The number of esters is 1. The zero-order chi connectivity index (χ0) is 19.5. The van der Waals surface area contributed by atoms with E-state index in [9.17, 15) is 14.9 Å². The fourth-order valence-corrected chi connectivity index (χ4v) is 2.41. The summed E-state index contributed by atoms with van der Waals surface area (Å²) in [5.74, 6) is -1.20. The Morgan fingerprint density at radius 1 is 1.27 bits per heavy atom. The molecule has 6 nitrogen and oxygen atoms in total. The highest BCUT2D eigenvalue weighted by Gasteiger charge is 2.32. The highest BCUT2D eigenvalue weighted by Crippen LogP contribution is 2.20. The van der Waals surface area contributed by atoms with Gasteiger partial charge in [-0.3, -0.25) is 9.78 Å². The van der Waals surface area contributed by atoms with Crippen molar-refractivity contribution < 1.29 is 14.3 Å². The van der Waals surface area contributed by atoms with Gasteiger partial charge in [0.15, 0.2) is 6.10 Å². The van der Waals surface area contributed by atoms with E-state index < -0.39 is 23.5 Å². The van der Waals surface area contributed by atoms with Crippen LogP contribution in [0.1, 0.15) is 43.7 Å². The summed E-state index contributed by atoms with van der Waals surface area (Å²) in [6.45, 7) is 8.60. The van der Waals surface area contributed by atoms with E-state index in [1.54, 1.807) is 26.0 Å². The molecule has 2 aromatic rings. The van der Waals surface area contributed by atoms with Crippen molar-refractivity contribution in [1.29, 1.82) is 5.26 Å². The molecule has 1 aromatic heterocycles. The van der Waals surface area contributed by atoms with Gasteiger partial charge in [0.2, 0.25) is 0 Å². The number of aromatic nitrogens is 1. The summed E-state index contributed by atoms with van der Waals surface area (Å²) in [6.07, 6.45) is -1.03. The first-order valence-corrected chi connectivity index (χ1v) is 8.48. The van der Waals surface area contributed by atoms with Crippen LogP contribution in [0.4, 0.5) is 0 Å². The number of amides is 1. The molecule has 1 heterocycles. The molecule has 0 spiro atoms. The van der Waals surface area contributed by atoms with Crippen molar-refractivity contribution in [2.45, 2.75) is 46.3 Å². The van der Waals surface area contributed by atoms with Gasteiger partial charge in [0, 0.05) is 11.1 Å². The number of carbonyl (C=O) groups is 2. The van der Waals surface area contributed by atoms with E-state index in [2.05, 4.69) is 16.4 Å². The van der Waals surface area contributed by atoms with Crippen LogP contribution in [0.15, 0.2) is 30.3 Å². The van der Waals surface area contributed by atoms with Crippen LogP contribution in [0.3, 0.4) is 0 Å². The first-order chi connectivity index (χ1) is 12.2. The number of nitrogens with zero attached hydrogens (tertiary/aromatic N) is 2. The van der Waals surface area contributed by atoms with E-state index in [-0.39, 0.29) is 5.92 Å². The second-order valence-electron chi connectivity index (χ2n) is 6.83. The van der Waals surface area contributed by atoms with Gasteiger partial charge >= 0.3 is 5.97 Å². The Balaban J connectivity index is 2.20. The van der Waals surface area contributed by atoms with E-state index in [1.165, 1.54) is 6.92 Å². The van der Waals surface area contributed by atoms with Gasteiger partial charge in [-0.1, -0.05) is 32.0 Å². The second-order valence-corrected chi connectivity index (χ2v) is 6.83. The molecule has 2 atom stereocenters. The molecule has 0 aliphatic rings. The molecule has 0 saturated heterocycles. The zero-order valence-electron chi connectivity index (χ0n) is 15.7. The van der Waals surface area contributed by atoms with E-state index >= 15 is 0 Å². The average Bonchev–Trinajstić information content (AvgIpc) is 2.60. The number of benzene rings is 1. The molecular weight excluding hydrogens is 330 g/mol. The summed E-state index contributed by atoms with van der Waals surface area (Å²) in [7, 11) is 0. The molecule has 1 N–H and O–H groups in total. The molecule has 0 unspecified atom stereocenters. The van der Waals surface area contributed by atoms with Gasteiger partial charge in [-0.15, -0.1) is 0 Å². The normalized spacial score (nSPS) is 14.3. The molecule has 1 amide bonds. The Bertz CT molecular complexity index is 885. The molecule has 136 valence electrons. The van der Waals surface area contributed by atoms with Crippen molar-refractivity contribution in [3.8, 4) is 6.07 Å². The largest absolute Gasteiger partial charge is 0.449 e. The van der Waals surface area contributed by atoms with Crippen LogP contribution in [0, 0.1) is 24.2 Å². The van der Waals surface area contributed by atoms with Crippen LogP contribution >= 0.6 is 0 Å². The van der Waals surface area contributed by atoms with Gasteiger partial charge in [-0.25, -0.2) is 4.79 Å². The summed E-state index contributed by atoms with van der Waals surface area (Å²) in [5.41, 5.74) is 0.704. The predicted octanol–water partition coefficient (Wildman–Crippen LogP) is 3.14. The van der Waals surface area contributed by atoms with Gasteiger partial charge in [0.05, 0.1) is 17.1 Å². The van der Waals surface area contributed by atoms with Gasteiger partial charge in [0.1, 0.15) is 5.54 Å². The number of hydrogen-bond acceptors (Lipinski definition) is 5. The Labute approximate surface area is 153 Å². The molecule has 1 aromatic carbocycles. The van der Waals surface area contributed by atoms with Crippen molar-refractivity contribution in [2.75, 3.05) is 0 Å². The third-order valence-corrected chi connectivity index (χ3v) is 4.49. The first kappa shape index (κ1) is 19.4. The van der Waals surface area contributed by atoms with Crippen LogP contribution in [-0.2, 0) is 9.53 Å².